The van der Waals surface area contributed by atoms with Crippen molar-refractivity contribution in [3.63, 3.8) is 0 Å². The van der Waals surface area contributed by atoms with Gasteiger partial charge in [0.15, 0.2) is 11.8 Å². The van der Waals surface area contributed by atoms with E-state index in [2.05, 4.69) is 21.9 Å². The molecule has 20 heavy (non-hydrogen) atoms. The van der Waals surface area contributed by atoms with Gasteiger partial charge in [0.25, 0.3) is 0 Å². The van der Waals surface area contributed by atoms with E-state index < -0.39 is 36.3 Å². The molecule has 0 radical (unpaired) electrons. The Bertz CT molecular complexity index is 621. The highest BCUT2D eigenvalue weighted by atomic mass is 16.5. The number of hydrogen-bond donors (Lipinski definition) is 4. The molecule has 0 spiro atoms. The third-order valence-electron chi connectivity index (χ3n) is 3.03. The van der Waals surface area contributed by atoms with Gasteiger partial charge in [-0.3, -0.25) is 0 Å². The summed E-state index contributed by atoms with van der Waals surface area (Å²) in [6.45, 7) is 1.06. The quantitative estimate of drug-likeness (QED) is 0.424. The highest BCUT2D eigenvalue weighted by Crippen LogP contribution is 2.34. The molecule has 0 aliphatic carbocycles. The summed E-state index contributed by atoms with van der Waals surface area (Å²) < 4.78 is 6.24. The van der Waals surface area contributed by atoms with Crippen LogP contribution in [0.15, 0.2) is 11.0 Å². The van der Waals surface area contributed by atoms with Gasteiger partial charge in [0.1, 0.15) is 18.0 Å². The van der Waals surface area contributed by atoms with Gasteiger partial charge < -0.3 is 26.4 Å². The van der Waals surface area contributed by atoms with E-state index in [4.69, 9.17) is 16.2 Å². The Morgan fingerprint density at radius 1 is 1.65 bits per heavy atom. The van der Waals surface area contributed by atoms with Crippen LogP contribution in [-0.2, 0) is 4.74 Å². The largest absolute Gasteiger partial charge is 0.394 e. The molecule has 1 aliphatic rings. The highest BCUT2D eigenvalue weighted by Gasteiger charge is 2.54. The molecule has 1 unspecified atom stereocenters. The standard InChI is InChI=1S/C11H15N5O4/c1-2-3-11(13)8(18)6(5-17)20-9(11)16-10(19)15-7(12)4-14-16/h4,6,8-9,17-18H,5,13H2,1H3,(H2,12,15,19)/t6-,8+,9-,11?/m1/s1. The molecule has 0 aromatic carbocycles. The Balaban J connectivity index is 2.52. The van der Waals surface area contributed by atoms with Gasteiger partial charge in [-0.1, -0.05) is 5.92 Å². The maximum Gasteiger partial charge on any atom is 0.368 e. The summed E-state index contributed by atoms with van der Waals surface area (Å²) in [7, 11) is 0. The number of nitrogens with two attached hydrogens (primary N) is 2. The summed E-state index contributed by atoms with van der Waals surface area (Å²) in [6.07, 6.45) is -2.28. The second kappa shape index (κ2) is 5.18. The predicted molar refractivity (Wildman–Crippen MR) is 68.1 cm³/mol. The van der Waals surface area contributed by atoms with E-state index in [1.165, 1.54) is 6.92 Å². The van der Waals surface area contributed by atoms with E-state index in [1.54, 1.807) is 0 Å². The second-order valence-electron chi connectivity index (χ2n) is 4.37. The molecule has 0 bridgehead atoms. The number of nitrogens with zero attached hydrogens (tertiary/aromatic N) is 3. The molecule has 108 valence electrons. The van der Waals surface area contributed by atoms with Gasteiger partial charge in [-0.15, -0.1) is 5.92 Å². The molecule has 1 aromatic heterocycles. The molecule has 2 heterocycles. The second-order valence-corrected chi connectivity index (χ2v) is 4.37. The van der Waals surface area contributed by atoms with Crippen LogP contribution in [0.2, 0.25) is 0 Å². The van der Waals surface area contributed by atoms with Crippen LogP contribution < -0.4 is 17.2 Å². The van der Waals surface area contributed by atoms with Crippen LogP contribution in [-0.4, -0.2) is 49.3 Å². The molecule has 1 fully saturated rings. The van der Waals surface area contributed by atoms with Crippen molar-refractivity contribution in [1.29, 1.82) is 0 Å². The lowest BCUT2D eigenvalue weighted by Crippen LogP contribution is -2.55. The van der Waals surface area contributed by atoms with E-state index in [0.717, 1.165) is 10.9 Å². The smallest absolute Gasteiger partial charge is 0.368 e. The minimum Gasteiger partial charge on any atom is -0.394 e. The number of aliphatic hydroxyl groups excluding tert-OH is 2. The van der Waals surface area contributed by atoms with Crippen LogP contribution >= 0.6 is 0 Å². The van der Waals surface area contributed by atoms with Gasteiger partial charge in [-0.05, 0) is 6.92 Å². The Hall–Kier alpha value is -1.99. The lowest BCUT2D eigenvalue weighted by Gasteiger charge is -2.26. The summed E-state index contributed by atoms with van der Waals surface area (Å²) in [5.74, 6) is 5.13. The first-order valence-electron chi connectivity index (χ1n) is 5.82. The van der Waals surface area contributed by atoms with E-state index in [9.17, 15) is 15.0 Å². The van der Waals surface area contributed by atoms with Crippen molar-refractivity contribution in [2.24, 2.45) is 5.73 Å². The van der Waals surface area contributed by atoms with Gasteiger partial charge in [0, 0.05) is 0 Å². The van der Waals surface area contributed by atoms with Crippen molar-refractivity contribution in [3.05, 3.63) is 16.7 Å². The molecule has 1 saturated heterocycles. The zero-order valence-electron chi connectivity index (χ0n) is 10.7. The SMILES string of the molecule is CC#CC1(N)[C@@H](O)[C@@H](CO)O[C@H]1n1ncc(N)nc1=O. The summed E-state index contributed by atoms with van der Waals surface area (Å²) in [6, 6.07) is 0. The zero-order valence-corrected chi connectivity index (χ0v) is 10.7. The number of rotatable bonds is 2. The fourth-order valence-electron chi connectivity index (χ4n) is 2.08. The number of ether oxygens (including phenoxy) is 1. The van der Waals surface area contributed by atoms with E-state index >= 15 is 0 Å². The molecule has 1 aromatic rings. The lowest BCUT2D eigenvalue weighted by molar-refractivity contribution is -0.0528. The van der Waals surface area contributed by atoms with Crippen LogP contribution in [0.3, 0.4) is 0 Å². The highest BCUT2D eigenvalue weighted by molar-refractivity contribution is 5.25. The summed E-state index contributed by atoms with van der Waals surface area (Å²) in [5.41, 5.74) is 9.03. The van der Waals surface area contributed by atoms with Gasteiger partial charge in [0.2, 0.25) is 0 Å². The Kier molecular flexibility index (Phi) is 3.74. The fraction of sp³-hybridized carbons (Fsp3) is 0.545. The average Bonchev–Trinajstić information content (AvgIpc) is 2.63. The van der Waals surface area contributed by atoms with Crippen molar-refractivity contribution in [1.82, 2.24) is 14.8 Å². The Morgan fingerprint density at radius 3 is 2.90 bits per heavy atom. The Morgan fingerprint density at radius 2 is 2.35 bits per heavy atom. The van der Waals surface area contributed by atoms with Gasteiger partial charge >= 0.3 is 5.69 Å². The molecule has 0 amide bonds. The van der Waals surface area contributed by atoms with Crippen molar-refractivity contribution < 1.29 is 14.9 Å². The molecule has 6 N–H and O–H groups in total. The molecule has 9 heteroatoms. The van der Waals surface area contributed by atoms with E-state index in [0.29, 0.717) is 0 Å². The van der Waals surface area contributed by atoms with Gasteiger partial charge in [-0.25, -0.2) is 4.79 Å². The minimum absolute atomic E-state index is 0.0484. The first-order chi connectivity index (χ1) is 9.43. The molecule has 4 atom stereocenters. The van der Waals surface area contributed by atoms with Crippen molar-refractivity contribution >= 4 is 5.82 Å². The zero-order chi connectivity index (χ0) is 14.9. The van der Waals surface area contributed by atoms with Crippen LogP contribution in [0.4, 0.5) is 5.82 Å². The normalized spacial score (nSPS) is 32.7. The average molecular weight is 281 g/mol. The van der Waals surface area contributed by atoms with Crippen LogP contribution in [0, 0.1) is 11.8 Å². The summed E-state index contributed by atoms with van der Waals surface area (Å²) in [5, 5.41) is 23.1. The summed E-state index contributed by atoms with van der Waals surface area (Å²) >= 11 is 0. The lowest BCUT2D eigenvalue weighted by atomic mass is 9.92. The molecule has 1 aliphatic heterocycles. The van der Waals surface area contributed by atoms with Crippen molar-refractivity contribution in [3.8, 4) is 11.8 Å². The number of nitrogen functional groups attached to an aromatic ring is 1. The van der Waals surface area contributed by atoms with E-state index in [1.807, 2.05) is 0 Å². The third-order valence-corrected chi connectivity index (χ3v) is 3.03. The minimum atomic E-state index is -1.59. The third kappa shape index (κ3) is 2.14. The number of anilines is 1. The van der Waals surface area contributed by atoms with Gasteiger partial charge in [0.05, 0.1) is 12.8 Å². The number of aliphatic hydroxyl groups is 2. The molecule has 0 saturated carbocycles. The molecule has 9 nitrogen and oxygen atoms in total. The predicted octanol–water partition coefficient (Wildman–Crippen LogP) is -2.81. The summed E-state index contributed by atoms with van der Waals surface area (Å²) in [4.78, 5) is 15.3. The number of aromatic nitrogens is 3. The van der Waals surface area contributed by atoms with Gasteiger partial charge in [-0.2, -0.15) is 14.8 Å². The molecular weight excluding hydrogens is 266 g/mol. The topological polar surface area (TPSA) is 150 Å². The van der Waals surface area contributed by atoms with Crippen LogP contribution in [0.5, 0.6) is 0 Å². The van der Waals surface area contributed by atoms with Crippen molar-refractivity contribution in [2.75, 3.05) is 12.3 Å². The first kappa shape index (κ1) is 14.4. The Labute approximate surface area is 114 Å². The van der Waals surface area contributed by atoms with Crippen LogP contribution in [0.25, 0.3) is 0 Å². The van der Waals surface area contributed by atoms with Crippen molar-refractivity contribution in [2.45, 2.75) is 30.9 Å². The fourth-order valence-corrected chi connectivity index (χ4v) is 2.08. The molecule has 2 rings (SSSR count). The number of hydrogen-bond acceptors (Lipinski definition) is 8. The maximum atomic E-state index is 11.8. The monoisotopic (exact) mass is 281 g/mol. The first-order valence-corrected chi connectivity index (χ1v) is 5.82. The molecular formula is C11H15N5O4. The van der Waals surface area contributed by atoms with E-state index in [-0.39, 0.29) is 5.82 Å². The maximum absolute atomic E-state index is 11.8. The van der Waals surface area contributed by atoms with Crippen LogP contribution in [0.1, 0.15) is 13.2 Å².